The molecule has 0 saturated carbocycles. The fourth-order valence-electron chi connectivity index (χ4n) is 2.16. The fourth-order valence-corrected chi connectivity index (χ4v) is 2.56. The molecule has 0 saturated heterocycles. The third kappa shape index (κ3) is 4.89. The molecule has 2 rings (SSSR count). The first-order valence-corrected chi connectivity index (χ1v) is 8.37. The zero-order valence-corrected chi connectivity index (χ0v) is 15.4. The van der Waals surface area contributed by atoms with Gasteiger partial charge in [-0.15, -0.1) is 0 Å². The number of nitrogens with zero attached hydrogens (tertiary/aromatic N) is 1. The van der Waals surface area contributed by atoms with E-state index in [2.05, 4.69) is 26.2 Å². The Labute approximate surface area is 149 Å². The largest absolute Gasteiger partial charge is 0.462 e. The van der Waals surface area contributed by atoms with Gasteiger partial charge in [0.1, 0.15) is 6.54 Å². The van der Waals surface area contributed by atoms with Crippen molar-refractivity contribution in [2.75, 3.05) is 6.54 Å². The number of ether oxygens (including phenoxy) is 1. The van der Waals surface area contributed by atoms with Gasteiger partial charge >= 0.3 is 5.97 Å². The summed E-state index contributed by atoms with van der Waals surface area (Å²) in [4.78, 5) is 28.2. The van der Waals surface area contributed by atoms with Gasteiger partial charge in [-0.05, 0) is 45.0 Å². The van der Waals surface area contributed by atoms with Gasteiger partial charge in [-0.25, -0.2) is 0 Å². The normalized spacial score (nSPS) is 10.5. The van der Waals surface area contributed by atoms with E-state index in [0.717, 1.165) is 15.7 Å². The maximum absolute atomic E-state index is 12.2. The first-order valence-electron chi connectivity index (χ1n) is 7.58. The van der Waals surface area contributed by atoms with Crippen molar-refractivity contribution in [2.24, 2.45) is 0 Å². The average Bonchev–Trinajstić information content (AvgIpc) is 2.52. The zero-order chi connectivity index (χ0) is 17.7. The number of aromatic nitrogens is 1. The van der Waals surface area contributed by atoms with Gasteiger partial charge in [0.2, 0.25) is 0 Å². The van der Waals surface area contributed by atoms with Crippen molar-refractivity contribution in [3.05, 3.63) is 52.1 Å². The number of pyridine rings is 1. The Morgan fingerprint density at radius 2 is 2.00 bits per heavy atom. The number of carbonyl (C=O) groups excluding carboxylic acids is 2. The Morgan fingerprint density at radius 3 is 2.62 bits per heavy atom. The van der Waals surface area contributed by atoms with Crippen LogP contribution < -0.4 is 5.32 Å². The van der Waals surface area contributed by atoms with E-state index in [0.29, 0.717) is 11.3 Å². The van der Waals surface area contributed by atoms with Crippen LogP contribution in [0.15, 0.2) is 40.9 Å². The van der Waals surface area contributed by atoms with Crippen LogP contribution in [0.4, 0.5) is 0 Å². The van der Waals surface area contributed by atoms with E-state index < -0.39 is 5.97 Å². The monoisotopic (exact) mass is 390 g/mol. The maximum atomic E-state index is 12.2. The number of halogens is 1. The molecule has 1 amide bonds. The summed E-state index contributed by atoms with van der Waals surface area (Å²) in [6.45, 7) is 5.12. The average molecular weight is 391 g/mol. The molecule has 0 aliphatic heterocycles. The summed E-state index contributed by atoms with van der Waals surface area (Å²) in [6.07, 6.45) is -0.206. The van der Waals surface area contributed by atoms with Crippen LogP contribution in [0.3, 0.4) is 0 Å². The van der Waals surface area contributed by atoms with Crippen LogP contribution in [-0.4, -0.2) is 29.5 Å². The minimum absolute atomic E-state index is 0.163. The van der Waals surface area contributed by atoms with Crippen LogP contribution in [-0.2, 0) is 9.53 Å². The smallest absolute Gasteiger partial charge is 0.325 e. The third-order valence-electron chi connectivity index (χ3n) is 3.21. The van der Waals surface area contributed by atoms with Gasteiger partial charge in [-0.2, -0.15) is 0 Å². The molecule has 0 aliphatic carbocycles. The van der Waals surface area contributed by atoms with Gasteiger partial charge in [0.05, 0.1) is 23.1 Å². The molecule has 126 valence electrons. The first-order chi connectivity index (χ1) is 11.4. The van der Waals surface area contributed by atoms with Gasteiger partial charge in [0.15, 0.2) is 0 Å². The molecular formula is C18H19BrN2O3. The Morgan fingerprint density at radius 1 is 1.25 bits per heavy atom. The van der Waals surface area contributed by atoms with Gasteiger partial charge in [-0.3, -0.25) is 14.6 Å². The van der Waals surface area contributed by atoms with Crippen LogP contribution in [0.25, 0.3) is 11.3 Å². The standard InChI is InChI=1S/C18H19BrN2O3/c1-11(2)24-17(22)10-20-18(23)15-7-8-16(21-12(15)3)13-5-4-6-14(19)9-13/h4-9,11H,10H2,1-3H3,(H,20,23). The van der Waals surface area contributed by atoms with Crippen LogP contribution in [0.1, 0.15) is 29.9 Å². The molecule has 5 nitrogen and oxygen atoms in total. The summed E-state index contributed by atoms with van der Waals surface area (Å²) in [5.74, 6) is -0.809. The van der Waals surface area contributed by atoms with E-state index in [1.165, 1.54) is 0 Å². The lowest BCUT2D eigenvalue weighted by Crippen LogP contribution is -2.32. The highest BCUT2D eigenvalue weighted by molar-refractivity contribution is 9.10. The Bertz CT molecular complexity index is 760. The minimum Gasteiger partial charge on any atom is -0.462 e. The predicted octanol–water partition coefficient (Wildman–Crippen LogP) is 3.50. The first kappa shape index (κ1) is 18.1. The summed E-state index contributed by atoms with van der Waals surface area (Å²) in [5, 5.41) is 2.55. The van der Waals surface area contributed by atoms with Gasteiger partial charge in [0, 0.05) is 10.0 Å². The zero-order valence-electron chi connectivity index (χ0n) is 13.8. The van der Waals surface area contributed by atoms with Crippen molar-refractivity contribution in [3.8, 4) is 11.3 Å². The third-order valence-corrected chi connectivity index (χ3v) is 3.70. The van der Waals surface area contributed by atoms with Crippen LogP contribution in [0.5, 0.6) is 0 Å². The second-order valence-corrected chi connectivity index (χ2v) is 6.48. The molecule has 0 unspecified atom stereocenters. The number of aryl methyl sites for hydroxylation is 1. The van der Waals surface area contributed by atoms with E-state index >= 15 is 0 Å². The van der Waals surface area contributed by atoms with Gasteiger partial charge in [-0.1, -0.05) is 28.1 Å². The second kappa shape index (κ2) is 8.06. The number of benzene rings is 1. The topological polar surface area (TPSA) is 68.3 Å². The number of hydrogen-bond donors (Lipinski definition) is 1. The molecule has 24 heavy (non-hydrogen) atoms. The number of rotatable bonds is 5. The molecule has 0 atom stereocenters. The van der Waals surface area contributed by atoms with Crippen molar-refractivity contribution < 1.29 is 14.3 Å². The van der Waals surface area contributed by atoms with Crippen LogP contribution in [0, 0.1) is 6.92 Å². The minimum atomic E-state index is -0.463. The molecule has 0 bridgehead atoms. The number of esters is 1. The van der Waals surface area contributed by atoms with Crippen molar-refractivity contribution in [2.45, 2.75) is 26.9 Å². The molecular weight excluding hydrogens is 372 g/mol. The van der Waals surface area contributed by atoms with E-state index in [1.54, 1.807) is 32.9 Å². The van der Waals surface area contributed by atoms with Gasteiger partial charge in [0.25, 0.3) is 5.91 Å². The highest BCUT2D eigenvalue weighted by Crippen LogP contribution is 2.22. The molecule has 1 heterocycles. The lowest BCUT2D eigenvalue weighted by Gasteiger charge is -2.10. The Balaban J connectivity index is 2.09. The summed E-state index contributed by atoms with van der Waals surface area (Å²) in [6, 6.07) is 11.3. The number of hydrogen-bond acceptors (Lipinski definition) is 4. The molecule has 0 radical (unpaired) electrons. The molecule has 2 aromatic rings. The van der Waals surface area contributed by atoms with E-state index in [1.807, 2.05) is 24.3 Å². The highest BCUT2D eigenvalue weighted by Gasteiger charge is 2.13. The summed E-state index contributed by atoms with van der Waals surface area (Å²) in [7, 11) is 0. The lowest BCUT2D eigenvalue weighted by molar-refractivity contribution is -0.146. The molecule has 0 aliphatic rings. The summed E-state index contributed by atoms with van der Waals surface area (Å²) < 4.78 is 5.94. The highest BCUT2D eigenvalue weighted by atomic mass is 79.9. The number of nitrogens with one attached hydrogen (secondary N) is 1. The van der Waals surface area contributed by atoms with Crippen LogP contribution >= 0.6 is 15.9 Å². The van der Waals surface area contributed by atoms with E-state index in [9.17, 15) is 9.59 Å². The molecule has 6 heteroatoms. The van der Waals surface area contributed by atoms with Gasteiger partial charge < -0.3 is 10.1 Å². The SMILES string of the molecule is Cc1nc(-c2cccc(Br)c2)ccc1C(=O)NCC(=O)OC(C)C. The predicted molar refractivity (Wildman–Crippen MR) is 95.7 cm³/mol. The quantitative estimate of drug-likeness (QED) is 0.793. The van der Waals surface area contributed by atoms with Crippen LogP contribution in [0.2, 0.25) is 0 Å². The molecule has 1 aromatic carbocycles. The Kier molecular flexibility index (Phi) is 6.09. The van der Waals surface area contributed by atoms with E-state index in [4.69, 9.17) is 4.74 Å². The van der Waals surface area contributed by atoms with Crippen molar-refractivity contribution in [1.29, 1.82) is 0 Å². The fraction of sp³-hybridized carbons (Fsp3) is 0.278. The van der Waals surface area contributed by atoms with E-state index in [-0.39, 0.29) is 18.6 Å². The van der Waals surface area contributed by atoms with Crippen molar-refractivity contribution in [3.63, 3.8) is 0 Å². The molecule has 0 spiro atoms. The Hall–Kier alpha value is -2.21. The molecule has 1 aromatic heterocycles. The molecule has 0 fully saturated rings. The maximum Gasteiger partial charge on any atom is 0.325 e. The van der Waals surface area contributed by atoms with Crippen molar-refractivity contribution in [1.82, 2.24) is 10.3 Å². The second-order valence-electron chi connectivity index (χ2n) is 5.56. The number of carbonyl (C=O) groups is 2. The summed E-state index contributed by atoms with van der Waals surface area (Å²) >= 11 is 3.43. The number of amides is 1. The summed E-state index contributed by atoms with van der Waals surface area (Å²) in [5.41, 5.74) is 2.78. The van der Waals surface area contributed by atoms with Crippen molar-refractivity contribution >= 4 is 27.8 Å². The molecule has 1 N–H and O–H groups in total. The lowest BCUT2D eigenvalue weighted by atomic mass is 10.1.